The van der Waals surface area contributed by atoms with Crippen molar-refractivity contribution in [2.45, 2.75) is 39.3 Å². The molecule has 2 atom stereocenters. The molecule has 0 spiro atoms. The summed E-state index contributed by atoms with van der Waals surface area (Å²) in [6.45, 7) is 5.69. The number of rotatable bonds is 6. The second-order valence-corrected chi connectivity index (χ2v) is 8.03. The van der Waals surface area contributed by atoms with Crippen molar-refractivity contribution in [2.75, 3.05) is 13.1 Å². The monoisotopic (exact) mass is 393 g/mol. The molecule has 0 aliphatic carbocycles. The Labute approximate surface area is 173 Å². The van der Waals surface area contributed by atoms with Gasteiger partial charge in [-0.25, -0.2) is 0 Å². The SMILES string of the molecule is Cc1ccc(CNC(=O)C2CCN(C(=O)C(C)C(N)c3ccccc3)CC2)cc1. The van der Waals surface area contributed by atoms with Crippen molar-refractivity contribution in [3.8, 4) is 0 Å². The molecule has 29 heavy (non-hydrogen) atoms. The van der Waals surface area contributed by atoms with Crippen molar-refractivity contribution in [2.24, 2.45) is 17.6 Å². The number of nitrogens with two attached hydrogens (primary N) is 1. The molecule has 1 aliphatic rings. The van der Waals surface area contributed by atoms with Crippen molar-refractivity contribution in [3.05, 3.63) is 71.3 Å². The van der Waals surface area contributed by atoms with Crippen LogP contribution in [0.5, 0.6) is 0 Å². The van der Waals surface area contributed by atoms with E-state index in [-0.39, 0.29) is 29.7 Å². The van der Waals surface area contributed by atoms with Gasteiger partial charge in [0.05, 0.1) is 5.92 Å². The smallest absolute Gasteiger partial charge is 0.227 e. The maximum absolute atomic E-state index is 12.9. The molecule has 0 saturated carbocycles. The van der Waals surface area contributed by atoms with Crippen LogP contribution in [-0.4, -0.2) is 29.8 Å². The molecule has 5 heteroatoms. The Hall–Kier alpha value is -2.66. The van der Waals surface area contributed by atoms with Crippen LogP contribution in [0.2, 0.25) is 0 Å². The number of piperidine rings is 1. The number of carbonyl (C=O) groups is 2. The molecular formula is C24H31N3O2. The third-order valence-corrected chi connectivity index (χ3v) is 5.88. The maximum Gasteiger partial charge on any atom is 0.227 e. The predicted molar refractivity (Wildman–Crippen MR) is 115 cm³/mol. The third-order valence-electron chi connectivity index (χ3n) is 5.88. The molecule has 0 radical (unpaired) electrons. The Morgan fingerprint density at radius 2 is 1.69 bits per heavy atom. The van der Waals surface area contributed by atoms with E-state index in [1.54, 1.807) is 0 Å². The zero-order valence-electron chi connectivity index (χ0n) is 17.3. The predicted octanol–water partition coefficient (Wildman–Crippen LogP) is 3.19. The maximum atomic E-state index is 12.9. The lowest BCUT2D eigenvalue weighted by Gasteiger charge is -2.34. The summed E-state index contributed by atoms with van der Waals surface area (Å²) in [5, 5.41) is 3.03. The fourth-order valence-electron chi connectivity index (χ4n) is 3.81. The normalized spacial score (nSPS) is 16.9. The summed E-state index contributed by atoms with van der Waals surface area (Å²) in [5.74, 6) is -0.182. The summed E-state index contributed by atoms with van der Waals surface area (Å²) in [4.78, 5) is 27.2. The highest BCUT2D eigenvalue weighted by Gasteiger charge is 2.31. The lowest BCUT2D eigenvalue weighted by Crippen LogP contribution is -2.46. The van der Waals surface area contributed by atoms with E-state index in [1.165, 1.54) is 5.56 Å². The second-order valence-electron chi connectivity index (χ2n) is 8.03. The fourth-order valence-corrected chi connectivity index (χ4v) is 3.81. The summed E-state index contributed by atoms with van der Waals surface area (Å²) in [7, 11) is 0. The van der Waals surface area contributed by atoms with E-state index in [4.69, 9.17) is 5.73 Å². The molecule has 3 rings (SSSR count). The Bertz CT molecular complexity index is 812. The topological polar surface area (TPSA) is 75.4 Å². The average molecular weight is 394 g/mol. The first kappa shape index (κ1) is 21.1. The summed E-state index contributed by atoms with van der Waals surface area (Å²) in [6, 6.07) is 17.6. The Kier molecular flexibility index (Phi) is 7.04. The zero-order valence-corrected chi connectivity index (χ0v) is 17.3. The van der Waals surface area contributed by atoms with Gasteiger partial charge in [0.15, 0.2) is 0 Å². The lowest BCUT2D eigenvalue weighted by atomic mass is 9.91. The van der Waals surface area contributed by atoms with Crippen LogP contribution >= 0.6 is 0 Å². The van der Waals surface area contributed by atoms with Crippen molar-refractivity contribution >= 4 is 11.8 Å². The first-order chi connectivity index (χ1) is 14.0. The van der Waals surface area contributed by atoms with Crippen LogP contribution in [0.25, 0.3) is 0 Å². The second kappa shape index (κ2) is 9.70. The van der Waals surface area contributed by atoms with Crippen LogP contribution in [0.15, 0.2) is 54.6 Å². The van der Waals surface area contributed by atoms with E-state index in [0.29, 0.717) is 32.5 Å². The molecular weight excluding hydrogens is 362 g/mol. The highest BCUT2D eigenvalue weighted by Crippen LogP contribution is 2.24. The molecule has 0 aromatic heterocycles. The first-order valence-electron chi connectivity index (χ1n) is 10.4. The number of hydrogen-bond acceptors (Lipinski definition) is 3. The van der Waals surface area contributed by atoms with E-state index in [1.807, 2.05) is 73.3 Å². The van der Waals surface area contributed by atoms with E-state index in [2.05, 4.69) is 5.32 Å². The molecule has 1 aliphatic heterocycles. The van der Waals surface area contributed by atoms with E-state index in [0.717, 1.165) is 11.1 Å². The van der Waals surface area contributed by atoms with Gasteiger partial charge in [-0.15, -0.1) is 0 Å². The van der Waals surface area contributed by atoms with Crippen LogP contribution in [0.3, 0.4) is 0 Å². The minimum absolute atomic E-state index is 0.0393. The quantitative estimate of drug-likeness (QED) is 0.791. The van der Waals surface area contributed by atoms with Crippen LogP contribution in [0.4, 0.5) is 0 Å². The molecule has 1 saturated heterocycles. The van der Waals surface area contributed by atoms with Crippen molar-refractivity contribution in [1.82, 2.24) is 10.2 Å². The lowest BCUT2D eigenvalue weighted by molar-refractivity contribution is -0.139. The molecule has 2 aromatic carbocycles. The standard InChI is InChI=1S/C24H31N3O2/c1-17-8-10-19(11-9-17)16-26-23(28)21-12-14-27(15-13-21)24(29)18(2)22(25)20-6-4-3-5-7-20/h3-11,18,21-22H,12-16,25H2,1-2H3,(H,26,28). The summed E-state index contributed by atoms with van der Waals surface area (Å²) in [5.41, 5.74) is 9.59. The Morgan fingerprint density at radius 1 is 1.07 bits per heavy atom. The van der Waals surface area contributed by atoms with Gasteiger partial charge >= 0.3 is 0 Å². The zero-order chi connectivity index (χ0) is 20.8. The van der Waals surface area contributed by atoms with Crippen LogP contribution < -0.4 is 11.1 Å². The third kappa shape index (κ3) is 5.45. The molecule has 1 fully saturated rings. The van der Waals surface area contributed by atoms with Crippen molar-refractivity contribution in [3.63, 3.8) is 0 Å². The van der Waals surface area contributed by atoms with Crippen LogP contribution in [-0.2, 0) is 16.1 Å². The molecule has 3 N–H and O–H groups in total. The van der Waals surface area contributed by atoms with Gasteiger partial charge in [0.25, 0.3) is 0 Å². The Balaban J connectivity index is 1.47. The van der Waals surface area contributed by atoms with Crippen LogP contribution in [0.1, 0.15) is 42.5 Å². The number of nitrogens with one attached hydrogen (secondary N) is 1. The molecule has 154 valence electrons. The average Bonchev–Trinajstić information content (AvgIpc) is 2.77. The molecule has 1 heterocycles. The van der Waals surface area contributed by atoms with Crippen LogP contribution in [0, 0.1) is 18.8 Å². The summed E-state index contributed by atoms with van der Waals surface area (Å²) < 4.78 is 0. The minimum atomic E-state index is -0.320. The van der Waals surface area contributed by atoms with Gasteiger partial charge < -0.3 is 16.0 Å². The molecule has 2 aromatic rings. The largest absolute Gasteiger partial charge is 0.352 e. The molecule has 0 bridgehead atoms. The highest BCUT2D eigenvalue weighted by atomic mass is 16.2. The van der Waals surface area contributed by atoms with Gasteiger partial charge in [0.2, 0.25) is 11.8 Å². The van der Waals surface area contributed by atoms with Gasteiger partial charge in [-0.3, -0.25) is 9.59 Å². The number of amides is 2. The summed E-state index contributed by atoms with van der Waals surface area (Å²) in [6.07, 6.45) is 1.39. The molecule has 2 unspecified atom stereocenters. The fraction of sp³-hybridized carbons (Fsp3) is 0.417. The van der Waals surface area contributed by atoms with Crippen molar-refractivity contribution < 1.29 is 9.59 Å². The number of carbonyl (C=O) groups excluding carboxylic acids is 2. The van der Waals surface area contributed by atoms with E-state index < -0.39 is 0 Å². The minimum Gasteiger partial charge on any atom is -0.352 e. The molecule has 5 nitrogen and oxygen atoms in total. The number of hydrogen-bond donors (Lipinski definition) is 2. The first-order valence-corrected chi connectivity index (χ1v) is 10.4. The number of likely N-dealkylation sites (tertiary alicyclic amines) is 1. The molecule has 2 amide bonds. The number of benzene rings is 2. The van der Waals surface area contributed by atoms with Gasteiger partial charge in [0.1, 0.15) is 0 Å². The van der Waals surface area contributed by atoms with E-state index >= 15 is 0 Å². The van der Waals surface area contributed by atoms with Gasteiger partial charge in [-0.05, 0) is 30.9 Å². The van der Waals surface area contributed by atoms with E-state index in [9.17, 15) is 9.59 Å². The van der Waals surface area contributed by atoms with Crippen molar-refractivity contribution in [1.29, 1.82) is 0 Å². The Morgan fingerprint density at radius 3 is 2.31 bits per heavy atom. The highest BCUT2D eigenvalue weighted by molar-refractivity contribution is 5.81. The van der Waals surface area contributed by atoms with Gasteiger partial charge in [-0.1, -0.05) is 67.1 Å². The summed E-state index contributed by atoms with van der Waals surface area (Å²) >= 11 is 0. The van der Waals surface area contributed by atoms with Gasteiger partial charge in [-0.2, -0.15) is 0 Å². The number of nitrogens with zero attached hydrogens (tertiary/aromatic N) is 1. The number of aryl methyl sites for hydroxylation is 1. The van der Waals surface area contributed by atoms with Gasteiger partial charge in [0, 0.05) is 31.6 Å².